The Balaban J connectivity index is 0.773. The Kier molecular flexibility index (Phi) is 11.1. The number of likely N-dealkylation sites (tertiary alicyclic amines) is 1. The van der Waals surface area contributed by atoms with Crippen LogP contribution in [0.15, 0.2) is 66.7 Å². The fraction of sp³-hybridized carbons (Fsp3) is 0.500. The van der Waals surface area contributed by atoms with Crippen LogP contribution >= 0.6 is 11.6 Å². The number of hydrogen-bond acceptors (Lipinski definition) is 9. The fourth-order valence-corrected chi connectivity index (χ4v) is 10.00. The van der Waals surface area contributed by atoms with Crippen molar-refractivity contribution in [2.45, 2.75) is 64.0 Å². The number of piperidine rings is 3. The largest absolute Gasteiger partial charge is 0.372 e. The summed E-state index contributed by atoms with van der Waals surface area (Å²) in [4.78, 5) is 49.5. The van der Waals surface area contributed by atoms with Gasteiger partial charge in [0.1, 0.15) is 12.1 Å². The molecule has 56 heavy (non-hydrogen) atoms. The number of anilines is 4. The lowest BCUT2D eigenvalue weighted by Crippen LogP contribution is -2.50. The van der Waals surface area contributed by atoms with E-state index in [0.717, 1.165) is 120 Å². The van der Waals surface area contributed by atoms with Crippen LogP contribution in [-0.2, 0) is 9.59 Å². The molecule has 0 bridgehead atoms. The van der Waals surface area contributed by atoms with Crippen molar-refractivity contribution in [2.75, 3.05) is 85.5 Å². The lowest BCUT2D eigenvalue weighted by molar-refractivity contribution is -0.133. The van der Waals surface area contributed by atoms with E-state index in [9.17, 15) is 19.6 Å². The van der Waals surface area contributed by atoms with Crippen LogP contribution in [0.3, 0.4) is 0 Å². The molecule has 1 spiro atoms. The lowest BCUT2D eigenvalue weighted by Gasteiger charge is -2.40. The number of nitrogens with zero attached hydrogens (tertiary/aromatic N) is 6. The standard InChI is InChI=1S/C44H53ClN8O3/c1-31-27-44(30-53(31)36-11-8-34(28-46)37(45)26-36)16-20-50(21-17-44)35-9-6-33(7-10-35)43(56)52-18-14-32(15-19-52)29-49-22-24-51(25-23-49)40-5-3-2-4-38(40)47-39-12-13-41(54)48-42(39)55/h2-11,26,31-32,39,47H,12-25,27,29-30H2,1H3,(H,48,54,55)/t31-,39-/m0/s1. The molecule has 5 saturated heterocycles. The predicted molar refractivity (Wildman–Crippen MR) is 221 cm³/mol. The maximum atomic E-state index is 13.6. The molecule has 2 N–H and O–H groups in total. The summed E-state index contributed by atoms with van der Waals surface area (Å²) >= 11 is 6.38. The third-order valence-electron chi connectivity index (χ3n) is 13.1. The maximum Gasteiger partial charge on any atom is 0.253 e. The van der Waals surface area contributed by atoms with Gasteiger partial charge in [-0.2, -0.15) is 5.26 Å². The minimum Gasteiger partial charge on any atom is -0.372 e. The summed E-state index contributed by atoms with van der Waals surface area (Å²) in [6.45, 7) is 11.7. The Bertz CT molecular complexity index is 1960. The number of nitriles is 1. The number of imide groups is 1. The Morgan fingerprint density at radius 1 is 0.893 bits per heavy atom. The molecule has 8 rings (SSSR count). The number of piperazine rings is 1. The number of halogens is 1. The van der Waals surface area contributed by atoms with Crippen molar-refractivity contribution in [3.63, 3.8) is 0 Å². The van der Waals surface area contributed by atoms with Gasteiger partial charge in [-0.25, -0.2) is 0 Å². The molecule has 3 amide bonds. The van der Waals surface area contributed by atoms with Crippen LogP contribution < -0.4 is 25.3 Å². The van der Waals surface area contributed by atoms with E-state index in [0.29, 0.717) is 35.4 Å². The van der Waals surface area contributed by atoms with Gasteiger partial charge >= 0.3 is 0 Å². The van der Waals surface area contributed by atoms with Gasteiger partial charge < -0.3 is 24.9 Å². The highest BCUT2D eigenvalue weighted by atomic mass is 35.5. The summed E-state index contributed by atoms with van der Waals surface area (Å²) in [6.07, 6.45) is 6.30. The summed E-state index contributed by atoms with van der Waals surface area (Å²) in [5.41, 5.74) is 5.88. The van der Waals surface area contributed by atoms with Crippen molar-refractivity contribution in [2.24, 2.45) is 11.3 Å². The van der Waals surface area contributed by atoms with E-state index in [1.54, 1.807) is 0 Å². The van der Waals surface area contributed by atoms with E-state index in [2.05, 4.69) is 61.4 Å². The summed E-state index contributed by atoms with van der Waals surface area (Å²) < 4.78 is 0. The molecule has 12 heteroatoms. The number of rotatable bonds is 8. The zero-order valence-electron chi connectivity index (χ0n) is 32.4. The average Bonchev–Trinajstić information content (AvgIpc) is 3.54. The van der Waals surface area contributed by atoms with E-state index in [1.807, 2.05) is 53.4 Å². The number of nitrogens with one attached hydrogen (secondary N) is 2. The van der Waals surface area contributed by atoms with Crippen molar-refractivity contribution in [3.05, 3.63) is 82.9 Å². The molecule has 2 atom stereocenters. The molecule has 5 aliphatic rings. The summed E-state index contributed by atoms with van der Waals surface area (Å²) in [5, 5.41) is 15.6. The highest BCUT2D eigenvalue weighted by Gasteiger charge is 2.44. The van der Waals surface area contributed by atoms with E-state index in [1.165, 1.54) is 5.69 Å². The molecular formula is C44H53ClN8O3. The van der Waals surface area contributed by atoms with Gasteiger partial charge in [-0.3, -0.25) is 24.6 Å². The summed E-state index contributed by atoms with van der Waals surface area (Å²) in [5.74, 6) is 0.251. The zero-order chi connectivity index (χ0) is 38.8. The maximum absolute atomic E-state index is 13.6. The predicted octanol–water partition coefficient (Wildman–Crippen LogP) is 5.99. The molecule has 3 aromatic carbocycles. The minimum atomic E-state index is -0.404. The van der Waals surface area contributed by atoms with Crippen molar-refractivity contribution >= 4 is 52.1 Å². The lowest BCUT2D eigenvalue weighted by atomic mass is 9.76. The molecule has 0 radical (unpaired) electrons. The van der Waals surface area contributed by atoms with Crippen molar-refractivity contribution in [3.8, 4) is 6.07 Å². The number of hydrogen-bond donors (Lipinski definition) is 2. The van der Waals surface area contributed by atoms with Crippen molar-refractivity contribution in [1.82, 2.24) is 15.1 Å². The van der Waals surface area contributed by atoms with Crippen LogP contribution in [0.2, 0.25) is 5.02 Å². The number of carbonyl (C=O) groups excluding carboxylic acids is 3. The van der Waals surface area contributed by atoms with Crippen molar-refractivity contribution < 1.29 is 14.4 Å². The second kappa shape index (κ2) is 16.4. The first-order chi connectivity index (χ1) is 27.2. The number of para-hydroxylation sites is 2. The van der Waals surface area contributed by atoms with E-state index in [4.69, 9.17) is 11.6 Å². The van der Waals surface area contributed by atoms with Crippen LogP contribution in [0, 0.1) is 22.7 Å². The monoisotopic (exact) mass is 776 g/mol. The smallest absolute Gasteiger partial charge is 0.253 e. The SMILES string of the molecule is C[C@H]1CC2(CCN(c3ccc(C(=O)N4CCC(CN5CCN(c6ccccc6N[C@H]6CCC(=O)NC6=O)CC5)CC4)cc3)CC2)CN1c1ccc(C#N)c(Cl)c1. The fourth-order valence-electron chi connectivity index (χ4n) is 9.78. The Labute approximate surface area is 335 Å². The Morgan fingerprint density at radius 3 is 2.30 bits per heavy atom. The second-order valence-electron chi connectivity index (χ2n) is 16.7. The molecule has 5 aliphatic heterocycles. The molecule has 0 aliphatic carbocycles. The first kappa shape index (κ1) is 38.1. The zero-order valence-corrected chi connectivity index (χ0v) is 33.1. The van der Waals surface area contributed by atoms with Crippen LogP contribution in [0.25, 0.3) is 0 Å². The van der Waals surface area contributed by atoms with Gasteiger partial charge in [-0.1, -0.05) is 23.7 Å². The topological polar surface area (TPSA) is 115 Å². The molecule has 0 unspecified atom stereocenters. The van der Waals surface area contributed by atoms with E-state index < -0.39 is 6.04 Å². The van der Waals surface area contributed by atoms with Crippen LogP contribution in [0.1, 0.15) is 67.8 Å². The number of amides is 3. The van der Waals surface area contributed by atoms with Gasteiger partial charge in [0.25, 0.3) is 5.91 Å². The highest BCUT2D eigenvalue weighted by Crippen LogP contribution is 2.46. The number of benzene rings is 3. The first-order valence-corrected chi connectivity index (χ1v) is 20.8. The van der Waals surface area contributed by atoms with Crippen molar-refractivity contribution in [1.29, 1.82) is 5.26 Å². The molecule has 0 aromatic heterocycles. The molecule has 5 fully saturated rings. The summed E-state index contributed by atoms with van der Waals surface area (Å²) in [7, 11) is 0. The Morgan fingerprint density at radius 2 is 1.61 bits per heavy atom. The van der Waals surface area contributed by atoms with Gasteiger partial charge in [0.15, 0.2) is 0 Å². The van der Waals surface area contributed by atoms with Crippen LogP contribution in [0.4, 0.5) is 22.7 Å². The van der Waals surface area contributed by atoms with Gasteiger partial charge in [-0.15, -0.1) is 0 Å². The van der Waals surface area contributed by atoms with Gasteiger partial charge in [0.2, 0.25) is 11.8 Å². The Hall–Kier alpha value is -4.79. The van der Waals surface area contributed by atoms with Crippen LogP contribution in [0.5, 0.6) is 0 Å². The van der Waals surface area contributed by atoms with Crippen LogP contribution in [-0.4, -0.2) is 105 Å². The first-order valence-electron chi connectivity index (χ1n) is 20.4. The molecule has 11 nitrogen and oxygen atoms in total. The molecule has 5 heterocycles. The second-order valence-corrected chi connectivity index (χ2v) is 17.1. The van der Waals surface area contributed by atoms with E-state index >= 15 is 0 Å². The number of carbonyl (C=O) groups is 3. The average molecular weight is 777 g/mol. The normalized spacial score (nSPS) is 23.3. The minimum absolute atomic E-state index is 0.133. The van der Waals surface area contributed by atoms with Gasteiger partial charge in [-0.05, 0) is 111 Å². The van der Waals surface area contributed by atoms with Gasteiger partial charge in [0, 0.05) is 94.8 Å². The molecule has 0 saturated carbocycles. The van der Waals surface area contributed by atoms with Gasteiger partial charge in [0.05, 0.1) is 22.0 Å². The molecule has 294 valence electrons. The van der Waals surface area contributed by atoms with E-state index in [-0.39, 0.29) is 23.1 Å². The highest BCUT2D eigenvalue weighted by molar-refractivity contribution is 6.32. The third kappa shape index (κ3) is 8.19. The third-order valence-corrected chi connectivity index (χ3v) is 13.4. The summed E-state index contributed by atoms with van der Waals surface area (Å²) in [6, 6.07) is 24.4. The molecular weight excluding hydrogens is 724 g/mol. The quantitative estimate of drug-likeness (QED) is 0.267. The molecule has 3 aromatic rings.